The molecule has 0 atom stereocenters. The number of anilines is 1. The quantitative estimate of drug-likeness (QED) is 0.168. The fourth-order valence-electron chi connectivity index (χ4n) is 3.81. The van der Waals surface area contributed by atoms with Crippen LogP contribution in [0.25, 0.3) is 11.4 Å². The van der Waals surface area contributed by atoms with Crippen molar-refractivity contribution >= 4 is 27.4 Å². The van der Waals surface area contributed by atoms with E-state index in [-0.39, 0.29) is 27.4 Å². The van der Waals surface area contributed by atoms with Crippen LogP contribution in [0.4, 0.5) is 5.82 Å². The molecule has 0 amide bonds. The van der Waals surface area contributed by atoms with E-state index in [4.69, 9.17) is 21.1 Å². The predicted molar refractivity (Wildman–Crippen MR) is 145 cm³/mol. The Morgan fingerprint density at radius 2 is 1.61 bits per heavy atom. The Morgan fingerprint density at radius 1 is 0.974 bits per heavy atom. The highest BCUT2D eigenvalue weighted by Gasteiger charge is 2.39. The first-order valence-electron chi connectivity index (χ1n) is 11.6. The fourth-order valence-corrected chi connectivity index (χ4v) is 5.80. The number of benzene rings is 2. The molecule has 0 radical (unpaired) electrons. The van der Waals surface area contributed by atoms with E-state index in [0.29, 0.717) is 27.5 Å². The summed E-state index contributed by atoms with van der Waals surface area (Å²) >= 11 is 6.69. The van der Waals surface area contributed by atoms with Crippen LogP contribution < -0.4 is 18.5 Å². The number of aromatic nitrogens is 3. The summed E-state index contributed by atoms with van der Waals surface area (Å²) in [4.78, 5) is 9.13. The van der Waals surface area contributed by atoms with Gasteiger partial charge in [-0.15, -0.1) is 0 Å². The van der Waals surface area contributed by atoms with Gasteiger partial charge in [-0.25, -0.2) is 22.7 Å². The molecule has 0 unspecified atom stereocenters. The number of halogens is 1. The number of methoxy groups -OCH3 is 1. The van der Waals surface area contributed by atoms with Crippen molar-refractivity contribution in [1.82, 2.24) is 9.97 Å². The molecule has 0 saturated heterocycles. The minimum Gasteiger partial charge on any atom is -0.619 e. The second-order valence-corrected chi connectivity index (χ2v) is 11.5. The average molecular weight is 555 g/mol. The van der Waals surface area contributed by atoms with Crippen LogP contribution in [0.15, 0.2) is 77.8 Å². The molecule has 0 aliphatic heterocycles. The topological polar surface area (TPSA) is 109 Å². The number of pyridine rings is 1. The molecular formula is C27H27ClN4O5S. The van der Waals surface area contributed by atoms with Crippen LogP contribution in [0.2, 0.25) is 5.15 Å². The number of hydrogen-bond donors (Lipinski definition) is 0. The lowest BCUT2D eigenvalue weighted by atomic mass is 10.1. The zero-order chi connectivity index (χ0) is 27.7. The van der Waals surface area contributed by atoms with E-state index in [1.54, 1.807) is 76.2 Å². The third kappa shape index (κ3) is 5.36. The SMILES string of the molecule is COc1ccccc1Oc1c(Cl)nc(-c2cc[n+]([O-])c(C)c2)nc1N(C(C)(C)C)S(=O)(=O)c1ccccc1. The Labute approximate surface area is 226 Å². The summed E-state index contributed by atoms with van der Waals surface area (Å²) in [5.41, 5.74) is -0.122. The lowest BCUT2D eigenvalue weighted by Gasteiger charge is -2.36. The number of hydrogen-bond acceptors (Lipinski definition) is 7. The molecule has 0 bridgehead atoms. The van der Waals surface area contributed by atoms with Gasteiger partial charge in [-0.2, -0.15) is 4.73 Å². The molecule has 0 spiro atoms. The predicted octanol–water partition coefficient (Wildman–Crippen LogP) is 5.53. The molecule has 0 aliphatic carbocycles. The van der Waals surface area contributed by atoms with Crippen molar-refractivity contribution in [2.45, 2.75) is 38.1 Å². The summed E-state index contributed by atoms with van der Waals surface area (Å²) in [7, 11) is -2.66. The number of aryl methyl sites for hydroxylation is 1. The molecule has 2 heterocycles. The molecule has 0 saturated carbocycles. The van der Waals surface area contributed by atoms with Crippen LogP contribution >= 0.6 is 11.6 Å². The molecule has 4 rings (SSSR count). The van der Waals surface area contributed by atoms with E-state index < -0.39 is 15.6 Å². The molecule has 0 fully saturated rings. The highest BCUT2D eigenvalue weighted by molar-refractivity contribution is 7.92. The van der Waals surface area contributed by atoms with Crippen LogP contribution in [0.3, 0.4) is 0 Å². The van der Waals surface area contributed by atoms with Crippen molar-refractivity contribution in [3.8, 4) is 28.6 Å². The molecular weight excluding hydrogens is 528 g/mol. The number of rotatable bonds is 7. The average Bonchev–Trinajstić information content (AvgIpc) is 2.87. The number of para-hydroxylation sites is 2. The van der Waals surface area contributed by atoms with Crippen molar-refractivity contribution in [3.05, 3.63) is 89.0 Å². The molecule has 4 aromatic rings. The van der Waals surface area contributed by atoms with E-state index in [1.807, 2.05) is 0 Å². The van der Waals surface area contributed by atoms with Gasteiger partial charge in [-0.3, -0.25) is 0 Å². The van der Waals surface area contributed by atoms with Crippen LogP contribution in [-0.4, -0.2) is 31.0 Å². The second-order valence-electron chi connectivity index (χ2n) is 9.38. The summed E-state index contributed by atoms with van der Waals surface area (Å²) in [6.45, 7) is 6.86. The fraction of sp³-hybridized carbons (Fsp3) is 0.222. The molecule has 38 heavy (non-hydrogen) atoms. The summed E-state index contributed by atoms with van der Waals surface area (Å²) in [5.74, 6) is 0.687. The van der Waals surface area contributed by atoms with E-state index >= 15 is 0 Å². The van der Waals surface area contributed by atoms with E-state index in [0.717, 1.165) is 0 Å². The summed E-state index contributed by atoms with van der Waals surface area (Å²) in [5, 5.41) is 11.8. The second kappa shape index (κ2) is 10.5. The molecule has 11 heteroatoms. The van der Waals surface area contributed by atoms with Gasteiger partial charge in [0.2, 0.25) is 5.75 Å². The normalized spacial score (nSPS) is 11.7. The molecule has 9 nitrogen and oxygen atoms in total. The van der Waals surface area contributed by atoms with Crippen LogP contribution in [0, 0.1) is 12.1 Å². The summed E-state index contributed by atoms with van der Waals surface area (Å²) in [6, 6.07) is 18.0. The Balaban J connectivity index is 2.02. The van der Waals surface area contributed by atoms with Gasteiger partial charge in [0, 0.05) is 30.2 Å². The smallest absolute Gasteiger partial charge is 0.266 e. The number of nitrogens with zero attached hydrogens (tertiary/aromatic N) is 4. The summed E-state index contributed by atoms with van der Waals surface area (Å²) in [6.07, 6.45) is 1.32. The van der Waals surface area contributed by atoms with Crippen LogP contribution in [0.5, 0.6) is 17.2 Å². The Hall–Kier alpha value is -3.89. The standard InChI is InChI=1S/C27H27ClN4O5S/c1-18-17-19(15-16-31(18)33)25-29-24(28)23(37-22-14-10-9-13-21(22)36-5)26(30-25)32(27(2,3)4)38(34,35)20-11-7-6-8-12-20/h6-17H,1-5H3. The van der Waals surface area contributed by atoms with Gasteiger partial charge in [0.1, 0.15) is 0 Å². The Morgan fingerprint density at radius 3 is 2.21 bits per heavy atom. The number of sulfonamides is 1. The molecule has 198 valence electrons. The van der Waals surface area contributed by atoms with Crippen LogP contribution in [0.1, 0.15) is 26.5 Å². The highest BCUT2D eigenvalue weighted by atomic mass is 35.5. The summed E-state index contributed by atoms with van der Waals surface area (Å²) < 4.78 is 41.6. The van der Waals surface area contributed by atoms with E-state index in [1.165, 1.54) is 35.8 Å². The monoisotopic (exact) mass is 554 g/mol. The highest BCUT2D eigenvalue weighted by Crippen LogP contribution is 2.44. The van der Waals surface area contributed by atoms with Gasteiger partial charge in [-0.1, -0.05) is 41.9 Å². The minimum absolute atomic E-state index is 0.0670. The van der Waals surface area contributed by atoms with Gasteiger partial charge in [0.15, 0.2) is 40.2 Å². The maximum absolute atomic E-state index is 14.1. The lowest BCUT2D eigenvalue weighted by molar-refractivity contribution is -0.612. The first kappa shape index (κ1) is 27.2. The zero-order valence-corrected chi connectivity index (χ0v) is 23.1. The lowest BCUT2D eigenvalue weighted by Crippen LogP contribution is -2.46. The molecule has 2 aromatic heterocycles. The Kier molecular flexibility index (Phi) is 7.48. The molecule has 0 N–H and O–H groups in total. The Bertz CT molecular complexity index is 1570. The molecule has 0 aliphatic rings. The van der Waals surface area contributed by atoms with Gasteiger partial charge in [0.25, 0.3) is 10.0 Å². The van der Waals surface area contributed by atoms with Gasteiger partial charge >= 0.3 is 0 Å². The van der Waals surface area contributed by atoms with Crippen molar-refractivity contribution < 1.29 is 22.6 Å². The maximum atomic E-state index is 14.1. The van der Waals surface area contributed by atoms with Crippen molar-refractivity contribution in [2.24, 2.45) is 0 Å². The van der Waals surface area contributed by atoms with Crippen LogP contribution in [-0.2, 0) is 10.0 Å². The van der Waals surface area contributed by atoms with Gasteiger partial charge in [-0.05, 0) is 45.0 Å². The van der Waals surface area contributed by atoms with E-state index in [2.05, 4.69) is 9.97 Å². The minimum atomic E-state index is -4.15. The van der Waals surface area contributed by atoms with Crippen molar-refractivity contribution in [2.75, 3.05) is 11.4 Å². The third-order valence-electron chi connectivity index (χ3n) is 5.53. The maximum Gasteiger partial charge on any atom is 0.266 e. The number of ether oxygens (including phenoxy) is 2. The van der Waals surface area contributed by atoms with Gasteiger partial charge < -0.3 is 14.7 Å². The van der Waals surface area contributed by atoms with Crippen molar-refractivity contribution in [3.63, 3.8) is 0 Å². The van der Waals surface area contributed by atoms with Crippen molar-refractivity contribution in [1.29, 1.82) is 0 Å². The first-order chi connectivity index (χ1) is 17.9. The zero-order valence-electron chi connectivity index (χ0n) is 21.5. The third-order valence-corrected chi connectivity index (χ3v) is 7.86. The first-order valence-corrected chi connectivity index (χ1v) is 13.4. The van der Waals surface area contributed by atoms with Gasteiger partial charge in [0.05, 0.1) is 12.0 Å². The molecule has 2 aromatic carbocycles. The van der Waals surface area contributed by atoms with E-state index in [9.17, 15) is 13.6 Å². The largest absolute Gasteiger partial charge is 0.619 e.